The molecule has 0 aliphatic heterocycles. The molecule has 0 aromatic carbocycles. The first-order valence-corrected chi connectivity index (χ1v) is 6.94. The Labute approximate surface area is 107 Å². The van der Waals surface area contributed by atoms with E-state index in [9.17, 15) is 4.79 Å². The van der Waals surface area contributed by atoms with Crippen LogP contribution in [0.5, 0.6) is 0 Å². The van der Waals surface area contributed by atoms with Crippen LogP contribution in [0, 0.1) is 17.8 Å². The van der Waals surface area contributed by atoms with Crippen molar-refractivity contribution in [3.63, 3.8) is 0 Å². The van der Waals surface area contributed by atoms with Crippen LogP contribution in [0.4, 0.5) is 0 Å². The Hall–Kier alpha value is -0.410. The minimum Gasteiger partial charge on any atom is -0.316 e. The minimum atomic E-state index is 0.113. The molecule has 3 nitrogen and oxygen atoms in total. The number of rotatable bonds is 10. The van der Waals surface area contributed by atoms with Gasteiger partial charge in [0.25, 0.3) is 0 Å². The summed E-state index contributed by atoms with van der Waals surface area (Å²) in [4.78, 5) is 12.0. The molecule has 3 heteroatoms. The van der Waals surface area contributed by atoms with E-state index < -0.39 is 0 Å². The van der Waals surface area contributed by atoms with Crippen molar-refractivity contribution in [3.8, 4) is 0 Å². The Morgan fingerprint density at radius 3 is 2.12 bits per heavy atom. The van der Waals surface area contributed by atoms with Crippen LogP contribution in [-0.2, 0) is 4.79 Å². The average Bonchev–Trinajstić information content (AvgIpc) is 2.26. The first kappa shape index (κ1) is 16.6. The molecule has 0 bridgehead atoms. The molecule has 2 N–H and O–H groups in total. The van der Waals surface area contributed by atoms with E-state index >= 15 is 0 Å². The lowest BCUT2D eigenvalue weighted by molar-refractivity contribution is -0.125. The number of ketones is 1. The molecule has 0 aliphatic carbocycles. The van der Waals surface area contributed by atoms with Crippen molar-refractivity contribution in [3.05, 3.63) is 0 Å². The van der Waals surface area contributed by atoms with Crippen molar-refractivity contribution >= 4 is 5.78 Å². The van der Waals surface area contributed by atoms with E-state index in [1.54, 1.807) is 0 Å². The molecule has 17 heavy (non-hydrogen) atoms. The third-order valence-corrected chi connectivity index (χ3v) is 2.90. The van der Waals surface area contributed by atoms with Crippen molar-refractivity contribution < 1.29 is 4.79 Å². The summed E-state index contributed by atoms with van der Waals surface area (Å²) in [6.07, 6.45) is 1.17. The highest BCUT2D eigenvalue weighted by Crippen LogP contribution is 2.06. The van der Waals surface area contributed by atoms with Gasteiger partial charge in [0.1, 0.15) is 5.78 Å². The molecule has 0 saturated heterocycles. The largest absolute Gasteiger partial charge is 0.316 e. The number of nitrogens with one attached hydrogen (secondary N) is 2. The van der Waals surface area contributed by atoms with Gasteiger partial charge in [-0.15, -0.1) is 0 Å². The van der Waals surface area contributed by atoms with E-state index in [1.807, 2.05) is 13.8 Å². The van der Waals surface area contributed by atoms with E-state index in [0.717, 1.165) is 32.1 Å². The number of hydrogen-bond acceptors (Lipinski definition) is 3. The van der Waals surface area contributed by atoms with Gasteiger partial charge in [-0.2, -0.15) is 0 Å². The molecule has 0 saturated carbocycles. The summed E-state index contributed by atoms with van der Waals surface area (Å²) < 4.78 is 0. The van der Waals surface area contributed by atoms with Crippen LogP contribution >= 0.6 is 0 Å². The summed E-state index contributed by atoms with van der Waals surface area (Å²) in [6, 6.07) is 0. The fourth-order valence-corrected chi connectivity index (χ4v) is 1.73. The van der Waals surface area contributed by atoms with Gasteiger partial charge in [-0.1, -0.05) is 34.6 Å². The molecule has 1 atom stereocenters. The summed E-state index contributed by atoms with van der Waals surface area (Å²) in [5.41, 5.74) is 0. The highest BCUT2D eigenvalue weighted by atomic mass is 16.1. The molecule has 0 amide bonds. The first-order chi connectivity index (χ1) is 7.99. The maximum Gasteiger partial charge on any atom is 0.141 e. The average molecular weight is 242 g/mol. The van der Waals surface area contributed by atoms with E-state index in [-0.39, 0.29) is 11.8 Å². The number of Topliss-reactive ketones (excluding diaryl/α,β-unsaturated/α-hetero) is 1. The fraction of sp³-hybridized carbons (Fsp3) is 0.929. The maximum absolute atomic E-state index is 12.0. The molecule has 0 aromatic rings. The van der Waals surface area contributed by atoms with Crippen LogP contribution in [0.3, 0.4) is 0 Å². The summed E-state index contributed by atoms with van der Waals surface area (Å²) in [6.45, 7) is 14.0. The highest BCUT2D eigenvalue weighted by Gasteiger charge is 2.20. The summed E-state index contributed by atoms with van der Waals surface area (Å²) in [5, 5.41) is 6.67. The smallest absolute Gasteiger partial charge is 0.141 e. The van der Waals surface area contributed by atoms with E-state index in [2.05, 4.69) is 31.4 Å². The zero-order valence-corrected chi connectivity index (χ0v) is 12.2. The minimum absolute atomic E-state index is 0.113. The normalized spacial score (nSPS) is 13.4. The second-order valence-electron chi connectivity index (χ2n) is 5.45. The van der Waals surface area contributed by atoms with Crippen molar-refractivity contribution in [2.75, 3.05) is 26.2 Å². The summed E-state index contributed by atoms with van der Waals surface area (Å²) in [7, 11) is 0. The quantitative estimate of drug-likeness (QED) is 0.576. The van der Waals surface area contributed by atoms with Crippen LogP contribution in [-0.4, -0.2) is 32.0 Å². The topological polar surface area (TPSA) is 41.1 Å². The van der Waals surface area contributed by atoms with Crippen LogP contribution in [0.1, 0.15) is 41.0 Å². The molecular weight excluding hydrogens is 212 g/mol. The fourth-order valence-electron chi connectivity index (χ4n) is 1.73. The van der Waals surface area contributed by atoms with Crippen molar-refractivity contribution in [1.29, 1.82) is 0 Å². The Bertz CT molecular complexity index is 202. The van der Waals surface area contributed by atoms with Gasteiger partial charge in [0.15, 0.2) is 0 Å². The Balaban J connectivity index is 3.97. The van der Waals surface area contributed by atoms with Crippen molar-refractivity contribution in [1.82, 2.24) is 10.6 Å². The van der Waals surface area contributed by atoms with Gasteiger partial charge >= 0.3 is 0 Å². The monoisotopic (exact) mass is 242 g/mol. The Morgan fingerprint density at radius 2 is 1.65 bits per heavy atom. The lowest BCUT2D eigenvalue weighted by atomic mass is 9.95. The lowest BCUT2D eigenvalue weighted by Crippen LogP contribution is -2.38. The molecule has 0 radical (unpaired) electrons. The van der Waals surface area contributed by atoms with Crippen LogP contribution in [0.2, 0.25) is 0 Å². The van der Waals surface area contributed by atoms with Gasteiger partial charge in [0.2, 0.25) is 0 Å². The van der Waals surface area contributed by atoms with E-state index in [1.165, 1.54) is 6.42 Å². The highest BCUT2D eigenvalue weighted by molar-refractivity contribution is 5.83. The van der Waals surface area contributed by atoms with Crippen molar-refractivity contribution in [2.45, 2.75) is 41.0 Å². The standard InChI is InChI=1S/C14H30N2O/c1-6-15-9-13(14(17)12(4)5)10-16-8-7-11(2)3/h11-13,15-16H,6-10H2,1-5H3. The maximum atomic E-state index is 12.0. The van der Waals surface area contributed by atoms with Gasteiger partial charge < -0.3 is 10.6 Å². The number of carbonyl (C=O) groups is 1. The zero-order valence-electron chi connectivity index (χ0n) is 12.2. The zero-order chi connectivity index (χ0) is 13.3. The number of hydrogen-bond donors (Lipinski definition) is 2. The lowest BCUT2D eigenvalue weighted by Gasteiger charge is -2.19. The predicted molar refractivity (Wildman–Crippen MR) is 74.2 cm³/mol. The van der Waals surface area contributed by atoms with Gasteiger partial charge in [-0.05, 0) is 25.4 Å². The second kappa shape index (κ2) is 9.60. The van der Waals surface area contributed by atoms with Crippen LogP contribution in [0.25, 0.3) is 0 Å². The number of carbonyl (C=O) groups excluding carboxylic acids is 1. The Morgan fingerprint density at radius 1 is 1.06 bits per heavy atom. The first-order valence-electron chi connectivity index (χ1n) is 6.94. The third-order valence-electron chi connectivity index (χ3n) is 2.90. The van der Waals surface area contributed by atoms with Crippen molar-refractivity contribution in [2.24, 2.45) is 17.8 Å². The molecule has 0 spiro atoms. The summed E-state index contributed by atoms with van der Waals surface area (Å²) >= 11 is 0. The van der Waals surface area contributed by atoms with Gasteiger partial charge in [0, 0.05) is 24.9 Å². The van der Waals surface area contributed by atoms with Gasteiger partial charge in [0.05, 0.1) is 0 Å². The molecule has 0 heterocycles. The second-order valence-corrected chi connectivity index (χ2v) is 5.45. The Kier molecular flexibility index (Phi) is 9.37. The molecule has 102 valence electrons. The molecule has 0 aliphatic rings. The van der Waals surface area contributed by atoms with Crippen LogP contribution < -0.4 is 10.6 Å². The van der Waals surface area contributed by atoms with E-state index in [4.69, 9.17) is 0 Å². The van der Waals surface area contributed by atoms with E-state index in [0.29, 0.717) is 5.78 Å². The molecule has 0 fully saturated rings. The molecule has 0 rings (SSSR count). The van der Waals surface area contributed by atoms with Crippen LogP contribution in [0.15, 0.2) is 0 Å². The van der Waals surface area contributed by atoms with Gasteiger partial charge in [-0.25, -0.2) is 0 Å². The third kappa shape index (κ3) is 8.33. The van der Waals surface area contributed by atoms with Gasteiger partial charge in [-0.3, -0.25) is 4.79 Å². The SMILES string of the molecule is CCNCC(CNCCC(C)C)C(=O)C(C)C. The summed E-state index contributed by atoms with van der Waals surface area (Å²) in [5.74, 6) is 1.33. The molecule has 1 unspecified atom stereocenters. The predicted octanol–water partition coefficient (Wildman–Crippen LogP) is 2.07. The molecular formula is C14H30N2O. The molecule has 0 aromatic heterocycles.